The molecule has 0 fully saturated rings. The lowest BCUT2D eigenvalue weighted by atomic mass is 10.2. The smallest absolute Gasteiger partial charge is 0.322 e. The summed E-state index contributed by atoms with van der Waals surface area (Å²) >= 11 is 0. The quantitative estimate of drug-likeness (QED) is 0.741. The van der Waals surface area contributed by atoms with Crippen LogP contribution in [0, 0.1) is 5.82 Å². The minimum atomic E-state index is -0.679. The van der Waals surface area contributed by atoms with Crippen LogP contribution in [0.25, 0.3) is 0 Å². The Hall–Kier alpha value is -1.42. The van der Waals surface area contributed by atoms with Gasteiger partial charge >= 0.3 is 5.97 Å². The Kier molecular flexibility index (Phi) is 3.59. The number of benzene rings is 1. The van der Waals surface area contributed by atoms with E-state index >= 15 is 0 Å². The topological polar surface area (TPSA) is 52.3 Å². The van der Waals surface area contributed by atoms with Crippen molar-refractivity contribution < 1.29 is 13.9 Å². The molecule has 0 spiro atoms. The molecule has 1 aromatic rings. The van der Waals surface area contributed by atoms with Gasteiger partial charge in [0.1, 0.15) is 18.5 Å². The van der Waals surface area contributed by atoms with Crippen molar-refractivity contribution >= 4 is 5.97 Å². The molecule has 14 heavy (non-hydrogen) atoms. The highest BCUT2D eigenvalue weighted by Crippen LogP contribution is 2.07. The van der Waals surface area contributed by atoms with E-state index in [4.69, 9.17) is 10.5 Å². The van der Waals surface area contributed by atoms with Crippen LogP contribution in [0.3, 0.4) is 0 Å². The van der Waals surface area contributed by atoms with Crippen molar-refractivity contribution in [2.75, 3.05) is 0 Å². The fourth-order valence-corrected chi connectivity index (χ4v) is 0.896. The van der Waals surface area contributed by atoms with E-state index in [0.717, 1.165) is 0 Å². The number of carbonyl (C=O) groups excluding carboxylic acids is 1. The maximum atomic E-state index is 13.0. The summed E-state index contributed by atoms with van der Waals surface area (Å²) in [5, 5.41) is 0. The molecule has 0 amide bonds. The Bertz CT molecular complexity index is 326. The van der Waals surface area contributed by atoms with E-state index in [9.17, 15) is 9.18 Å². The van der Waals surface area contributed by atoms with Gasteiger partial charge in [-0.25, -0.2) is 4.39 Å². The molecule has 0 aliphatic carbocycles. The van der Waals surface area contributed by atoms with Crippen molar-refractivity contribution in [3.8, 4) is 0 Å². The van der Waals surface area contributed by atoms with Gasteiger partial charge < -0.3 is 10.5 Å². The highest BCUT2D eigenvalue weighted by Gasteiger charge is 2.09. The third-order valence-electron chi connectivity index (χ3n) is 1.70. The average Bonchev–Trinajstić information content (AvgIpc) is 2.16. The minimum Gasteiger partial charge on any atom is -0.460 e. The Morgan fingerprint density at radius 1 is 1.57 bits per heavy atom. The van der Waals surface area contributed by atoms with Gasteiger partial charge in [-0.3, -0.25) is 4.79 Å². The number of carbonyl (C=O) groups is 1. The molecule has 0 bridgehead atoms. The zero-order valence-corrected chi connectivity index (χ0v) is 7.87. The second-order valence-corrected chi connectivity index (χ2v) is 2.99. The first-order chi connectivity index (χ1) is 6.61. The van der Waals surface area contributed by atoms with Gasteiger partial charge in [0.2, 0.25) is 0 Å². The predicted molar refractivity (Wildman–Crippen MR) is 49.8 cm³/mol. The maximum Gasteiger partial charge on any atom is 0.322 e. The molecule has 0 radical (unpaired) electrons. The van der Waals surface area contributed by atoms with E-state index in [2.05, 4.69) is 0 Å². The van der Waals surface area contributed by atoms with Crippen LogP contribution < -0.4 is 5.73 Å². The Morgan fingerprint density at radius 2 is 2.21 bits per heavy atom. The van der Waals surface area contributed by atoms with Crippen LogP contribution in [0.15, 0.2) is 24.3 Å². The Balaban J connectivity index is 2.54. The summed E-state index contributed by atoms with van der Waals surface area (Å²) in [6.07, 6.45) is 0. The zero-order chi connectivity index (χ0) is 10.6. The molecule has 0 heterocycles. The molecule has 1 aromatic carbocycles. The second-order valence-electron chi connectivity index (χ2n) is 2.99. The number of hydrogen-bond donors (Lipinski definition) is 1. The molecule has 0 saturated carbocycles. The summed E-state index contributed by atoms with van der Waals surface area (Å²) in [7, 11) is 0. The molecule has 2 N–H and O–H groups in total. The number of ether oxygens (including phenoxy) is 1. The molecule has 0 aliphatic rings. The van der Waals surface area contributed by atoms with Crippen LogP contribution in [0.2, 0.25) is 0 Å². The van der Waals surface area contributed by atoms with Crippen molar-refractivity contribution in [1.29, 1.82) is 0 Å². The molecule has 0 unspecified atom stereocenters. The minimum absolute atomic E-state index is 0.0763. The van der Waals surface area contributed by atoms with Crippen LogP contribution in [0.5, 0.6) is 0 Å². The van der Waals surface area contributed by atoms with E-state index < -0.39 is 12.0 Å². The highest BCUT2D eigenvalue weighted by molar-refractivity contribution is 5.74. The van der Waals surface area contributed by atoms with Gasteiger partial charge in [-0.2, -0.15) is 0 Å². The van der Waals surface area contributed by atoms with E-state index in [1.165, 1.54) is 13.0 Å². The van der Waals surface area contributed by atoms with Gasteiger partial charge in [0.15, 0.2) is 0 Å². The predicted octanol–water partition coefficient (Wildman–Crippen LogP) is 1.22. The molecule has 1 atom stereocenters. The first kappa shape index (κ1) is 10.7. The summed E-state index contributed by atoms with van der Waals surface area (Å²) in [5.41, 5.74) is 5.62. The molecule has 0 aliphatic heterocycles. The summed E-state index contributed by atoms with van der Waals surface area (Å²) in [6.45, 7) is 1.44. The van der Waals surface area contributed by atoms with Crippen LogP contribution >= 0.6 is 0 Å². The van der Waals surface area contributed by atoms with E-state index in [-0.39, 0.29) is 12.4 Å². The first-order valence-corrected chi connectivity index (χ1v) is 4.27. The summed E-state index contributed by atoms with van der Waals surface area (Å²) in [5.74, 6) is -0.918. The van der Waals surface area contributed by atoms with Crippen LogP contribution in [-0.2, 0) is 16.1 Å². The fourth-order valence-electron chi connectivity index (χ4n) is 0.896. The third kappa shape index (κ3) is 2.81. The highest BCUT2D eigenvalue weighted by atomic mass is 19.1. The third-order valence-corrected chi connectivity index (χ3v) is 1.70. The van der Waals surface area contributed by atoms with Crippen LogP contribution in [0.4, 0.5) is 4.39 Å². The van der Waals surface area contributed by atoms with Gasteiger partial charge in [0, 0.05) is 5.56 Å². The van der Waals surface area contributed by atoms with Gasteiger partial charge in [-0.05, 0) is 13.0 Å². The van der Waals surface area contributed by atoms with Crippen molar-refractivity contribution in [2.45, 2.75) is 19.6 Å². The SMILES string of the molecule is C[C@@H](N)C(=O)OCc1ccccc1F. The Morgan fingerprint density at radius 3 is 2.79 bits per heavy atom. The Labute approximate surface area is 81.7 Å². The fraction of sp³-hybridized carbons (Fsp3) is 0.300. The molecule has 76 valence electrons. The summed E-state index contributed by atoms with van der Waals surface area (Å²) in [4.78, 5) is 11.0. The zero-order valence-electron chi connectivity index (χ0n) is 7.87. The van der Waals surface area contributed by atoms with Gasteiger partial charge in [0.05, 0.1) is 0 Å². The van der Waals surface area contributed by atoms with Crippen molar-refractivity contribution in [2.24, 2.45) is 5.73 Å². The van der Waals surface area contributed by atoms with E-state index in [1.807, 2.05) is 0 Å². The van der Waals surface area contributed by atoms with Gasteiger partial charge in [-0.1, -0.05) is 18.2 Å². The lowest BCUT2D eigenvalue weighted by molar-refractivity contribution is -0.146. The second kappa shape index (κ2) is 4.72. The van der Waals surface area contributed by atoms with Crippen molar-refractivity contribution in [3.05, 3.63) is 35.6 Å². The first-order valence-electron chi connectivity index (χ1n) is 4.27. The van der Waals surface area contributed by atoms with E-state index in [0.29, 0.717) is 5.56 Å². The molecule has 0 saturated heterocycles. The lowest BCUT2D eigenvalue weighted by Crippen LogP contribution is -2.28. The average molecular weight is 197 g/mol. The van der Waals surface area contributed by atoms with Crippen LogP contribution in [0.1, 0.15) is 12.5 Å². The number of rotatable bonds is 3. The normalized spacial score (nSPS) is 12.2. The number of halogens is 1. The molecular formula is C10H12FNO2. The molecule has 1 rings (SSSR count). The van der Waals surface area contributed by atoms with E-state index in [1.54, 1.807) is 18.2 Å². The largest absolute Gasteiger partial charge is 0.460 e. The van der Waals surface area contributed by atoms with Crippen LogP contribution in [-0.4, -0.2) is 12.0 Å². The van der Waals surface area contributed by atoms with Gasteiger partial charge in [-0.15, -0.1) is 0 Å². The number of esters is 1. The number of hydrogen-bond acceptors (Lipinski definition) is 3. The molecule has 3 nitrogen and oxygen atoms in total. The van der Waals surface area contributed by atoms with Gasteiger partial charge in [0.25, 0.3) is 0 Å². The molecule has 4 heteroatoms. The molecule has 0 aromatic heterocycles. The molecular weight excluding hydrogens is 185 g/mol. The number of nitrogens with two attached hydrogens (primary N) is 1. The monoisotopic (exact) mass is 197 g/mol. The van der Waals surface area contributed by atoms with Crippen molar-refractivity contribution in [3.63, 3.8) is 0 Å². The lowest BCUT2D eigenvalue weighted by Gasteiger charge is -2.07. The summed E-state index contributed by atoms with van der Waals surface area (Å²) < 4.78 is 17.8. The maximum absolute atomic E-state index is 13.0. The summed E-state index contributed by atoms with van der Waals surface area (Å²) in [6, 6.07) is 5.45. The van der Waals surface area contributed by atoms with Crippen molar-refractivity contribution in [1.82, 2.24) is 0 Å². The standard InChI is InChI=1S/C10H12FNO2/c1-7(12)10(13)14-6-8-4-2-3-5-9(8)11/h2-5,7H,6,12H2,1H3/t7-/m1/s1.